The van der Waals surface area contributed by atoms with Gasteiger partial charge in [0.25, 0.3) is 5.91 Å². The third kappa shape index (κ3) is 3.69. The summed E-state index contributed by atoms with van der Waals surface area (Å²) >= 11 is 0. The van der Waals surface area contributed by atoms with Gasteiger partial charge in [0.2, 0.25) is 6.29 Å². The van der Waals surface area contributed by atoms with Crippen molar-refractivity contribution in [2.24, 2.45) is 0 Å². The average molecular weight is 131 g/mol. The second-order valence-corrected chi connectivity index (χ2v) is 1.41. The van der Waals surface area contributed by atoms with Gasteiger partial charge in [0.1, 0.15) is 0 Å². The summed E-state index contributed by atoms with van der Waals surface area (Å²) < 4.78 is 0. The normalized spacial score (nSPS) is 9.22. The molecule has 52 valence electrons. The number of aliphatic hydroxyl groups excluding tert-OH is 1. The number of amides is 1. The summed E-state index contributed by atoms with van der Waals surface area (Å²) in [5.41, 5.74) is 0. The molecule has 0 spiro atoms. The molecule has 0 bridgehead atoms. The molecule has 0 atom stereocenters. The third-order valence-corrected chi connectivity index (χ3v) is 0.655. The minimum atomic E-state index is -1.93. The molecule has 0 heterocycles. The van der Waals surface area contributed by atoms with Crippen LogP contribution < -0.4 is 5.32 Å². The first-order valence-corrected chi connectivity index (χ1v) is 2.43. The van der Waals surface area contributed by atoms with Crippen molar-refractivity contribution >= 4 is 5.91 Å². The van der Waals surface area contributed by atoms with Gasteiger partial charge in [0.05, 0.1) is 0 Å². The minimum Gasteiger partial charge on any atom is -0.361 e. The molecule has 0 unspecified atom stereocenters. The maximum Gasteiger partial charge on any atom is 0.276 e. The van der Waals surface area contributed by atoms with Gasteiger partial charge >= 0.3 is 0 Å². The van der Waals surface area contributed by atoms with Crippen molar-refractivity contribution in [3.05, 3.63) is 12.7 Å². The summed E-state index contributed by atoms with van der Waals surface area (Å²) in [6.45, 7) is 3.56. The van der Waals surface area contributed by atoms with E-state index >= 15 is 0 Å². The van der Waals surface area contributed by atoms with Crippen LogP contribution in [0, 0.1) is 0 Å². The van der Waals surface area contributed by atoms with Crippen molar-refractivity contribution in [2.45, 2.75) is 6.29 Å². The predicted molar refractivity (Wildman–Crippen MR) is 31.4 cm³/mol. The molecule has 0 aromatic heterocycles. The molecule has 9 heavy (non-hydrogen) atoms. The van der Waals surface area contributed by atoms with Crippen LogP contribution in [0.3, 0.4) is 0 Å². The Labute approximate surface area is 52.8 Å². The number of carbonyl (C=O) groups is 1. The first-order valence-electron chi connectivity index (χ1n) is 2.43. The van der Waals surface area contributed by atoms with Gasteiger partial charge < -0.3 is 15.5 Å². The molecule has 0 aromatic rings. The Kier molecular flexibility index (Phi) is 3.66. The molecule has 0 fully saturated rings. The van der Waals surface area contributed by atoms with Gasteiger partial charge in [0.15, 0.2) is 0 Å². The van der Waals surface area contributed by atoms with Crippen LogP contribution in [0.15, 0.2) is 12.7 Å². The molecule has 1 amide bonds. The maximum absolute atomic E-state index is 10.2. The zero-order valence-corrected chi connectivity index (χ0v) is 4.87. The van der Waals surface area contributed by atoms with E-state index in [4.69, 9.17) is 10.2 Å². The fourth-order valence-corrected chi connectivity index (χ4v) is 0.264. The Morgan fingerprint density at radius 2 is 2.33 bits per heavy atom. The lowest BCUT2D eigenvalue weighted by atomic mass is 10.5. The van der Waals surface area contributed by atoms with Crippen LogP contribution >= 0.6 is 0 Å². The molecule has 0 aromatic carbocycles. The molecular weight excluding hydrogens is 122 g/mol. The van der Waals surface area contributed by atoms with Gasteiger partial charge in [-0.2, -0.15) is 0 Å². The van der Waals surface area contributed by atoms with Crippen molar-refractivity contribution in [3.63, 3.8) is 0 Å². The van der Waals surface area contributed by atoms with Gasteiger partial charge in [-0.3, -0.25) is 4.79 Å². The molecule has 0 aliphatic carbocycles. The highest BCUT2D eigenvalue weighted by Crippen LogP contribution is 1.72. The Hall–Kier alpha value is -0.870. The number of nitrogens with one attached hydrogen (secondary N) is 1. The lowest BCUT2D eigenvalue weighted by Crippen LogP contribution is -2.34. The highest BCUT2D eigenvalue weighted by molar-refractivity contribution is 5.78. The van der Waals surface area contributed by atoms with Crippen LogP contribution in [-0.4, -0.2) is 29.0 Å². The van der Waals surface area contributed by atoms with Gasteiger partial charge in [0, 0.05) is 6.54 Å². The van der Waals surface area contributed by atoms with E-state index in [1.54, 1.807) is 0 Å². The SMILES string of the molecule is C=CCNC(=O)C(O)O. The largest absolute Gasteiger partial charge is 0.361 e. The smallest absolute Gasteiger partial charge is 0.276 e. The summed E-state index contributed by atoms with van der Waals surface area (Å²) in [4.78, 5) is 10.2. The van der Waals surface area contributed by atoms with Crippen molar-refractivity contribution < 1.29 is 15.0 Å². The zero-order valence-electron chi connectivity index (χ0n) is 4.87. The standard InChI is InChI=1S/C5H9NO3/c1-2-3-6-4(7)5(8)9/h2,5,8-9H,1,3H2,(H,6,7). The molecule has 0 radical (unpaired) electrons. The number of hydrogen-bond acceptors (Lipinski definition) is 3. The van der Waals surface area contributed by atoms with Crippen molar-refractivity contribution in [3.8, 4) is 0 Å². The fourth-order valence-electron chi connectivity index (χ4n) is 0.264. The number of hydrogen-bond donors (Lipinski definition) is 3. The first-order chi connectivity index (χ1) is 4.18. The summed E-state index contributed by atoms with van der Waals surface area (Å²) in [5.74, 6) is -0.810. The molecule has 4 heteroatoms. The van der Waals surface area contributed by atoms with E-state index in [9.17, 15) is 4.79 Å². The van der Waals surface area contributed by atoms with Crippen molar-refractivity contribution in [2.75, 3.05) is 6.54 Å². The quantitative estimate of drug-likeness (QED) is 0.326. The molecule has 0 rings (SSSR count). The molecule has 0 saturated carbocycles. The molecule has 0 aliphatic heterocycles. The summed E-state index contributed by atoms with van der Waals surface area (Å²) in [6.07, 6.45) is -0.481. The molecule has 0 aliphatic rings. The van der Waals surface area contributed by atoms with Crippen LogP contribution in [0.5, 0.6) is 0 Å². The molecule has 3 N–H and O–H groups in total. The molecule has 0 saturated heterocycles. The van der Waals surface area contributed by atoms with Crippen LogP contribution in [-0.2, 0) is 4.79 Å². The zero-order chi connectivity index (χ0) is 7.28. The second-order valence-electron chi connectivity index (χ2n) is 1.41. The summed E-state index contributed by atoms with van der Waals surface area (Å²) in [7, 11) is 0. The minimum absolute atomic E-state index is 0.246. The Bertz CT molecular complexity index is 111. The first kappa shape index (κ1) is 8.13. The summed E-state index contributed by atoms with van der Waals surface area (Å²) in [5, 5.41) is 18.5. The van der Waals surface area contributed by atoms with Gasteiger partial charge in [-0.15, -0.1) is 6.58 Å². The van der Waals surface area contributed by atoms with Crippen LogP contribution in [0.2, 0.25) is 0 Å². The van der Waals surface area contributed by atoms with Crippen molar-refractivity contribution in [1.29, 1.82) is 0 Å². The average Bonchev–Trinajstić information content (AvgIpc) is 1.82. The Balaban J connectivity index is 3.38. The van der Waals surface area contributed by atoms with Gasteiger partial charge in [-0.25, -0.2) is 0 Å². The Morgan fingerprint density at radius 1 is 1.78 bits per heavy atom. The Morgan fingerprint density at radius 3 is 2.67 bits per heavy atom. The maximum atomic E-state index is 10.2. The topological polar surface area (TPSA) is 69.6 Å². The predicted octanol–water partition coefficient (Wildman–Crippen LogP) is -1.40. The van der Waals surface area contributed by atoms with Gasteiger partial charge in [-0.1, -0.05) is 6.08 Å². The van der Waals surface area contributed by atoms with E-state index in [0.29, 0.717) is 0 Å². The second kappa shape index (κ2) is 4.05. The van der Waals surface area contributed by atoms with Crippen LogP contribution in [0.1, 0.15) is 0 Å². The van der Waals surface area contributed by atoms with E-state index in [2.05, 4.69) is 11.9 Å². The highest BCUT2D eigenvalue weighted by atomic mass is 16.5. The summed E-state index contributed by atoms with van der Waals surface area (Å²) in [6, 6.07) is 0. The van der Waals surface area contributed by atoms with Crippen LogP contribution in [0.4, 0.5) is 0 Å². The van der Waals surface area contributed by atoms with E-state index in [-0.39, 0.29) is 6.54 Å². The lowest BCUT2D eigenvalue weighted by Gasteiger charge is -2.01. The number of aliphatic hydroxyl groups is 2. The lowest BCUT2D eigenvalue weighted by molar-refractivity contribution is -0.147. The fraction of sp³-hybridized carbons (Fsp3) is 0.400. The van der Waals surface area contributed by atoms with E-state index < -0.39 is 12.2 Å². The highest BCUT2D eigenvalue weighted by Gasteiger charge is 2.07. The monoisotopic (exact) mass is 131 g/mol. The molecular formula is C5H9NO3. The van der Waals surface area contributed by atoms with Crippen LogP contribution in [0.25, 0.3) is 0 Å². The third-order valence-electron chi connectivity index (χ3n) is 0.655. The van der Waals surface area contributed by atoms with E-state index in [1.807, 2.05) is 0 Å². The van der Waals surface area contributed by atoms with Crippen molar-refractivity contribution in [1.82, 2.24) is 5.32 Å². The number of carbonyl (C=O) groups excluding carboxylic acids is 1. The van der Waals surface area contributed by atoms with E-state index in [0.717, 1.165) is 0 Å². The number of rotatable bonds is 3. The molecule has 4 nitrogen and oxygen atoms in total. The van der Waals surface area contributed by atoms with Gasteiger partial charge in [-0.05, 0) is 0 Å². The van der Waals surface area contributed by atoms with E-state index in [1.165, 1.54) is 6.08 Å².